The van der Waals surface area contributed by atoms with E-state index in [2.05, 4.69) is 0 Å². The lowest BCUT2D eigenvalue weighted by Gasteiger charge is -2.08. The Labute approximate surface area is 95.7 Å². The molecule has 82 valence electrons. The molecule has 0 saturated carbocycles. The standard InChI is InChI=1S/C11H8ClNO3/c1-13-7-5-3-2-4-6(7)9(12)8(10(13)14)11(15)16/h2-5H,1H3,(H,15,16). The number of fused-ring (bicyclic) bond motifs is 1. The van der Waals surface area contributed by atoms with Gasteiger partial charge in [-0.3, -0.25) is 4.79 Å². The third-order valence-electron chi connectivity index (χ3n) is 2.45. The van der Waals surface area contributed by atoms with Crippen LogP contribution in [-0.4, -0.2) is 15.6 Å². The number of aromatic nitrogens is 1. The van der Waals surface area contributed by atoms with Crippen molar-refractivity contribution in [2.45, 2.75) is 0 Å². The Morgan fingerprint density at radius 3 is 2.62 bits per heavy atom. The van der Waals surface area contributed by atoms with Gasteiger partial charge in [0.25, 0.3) is 5.56 Å². The lowest BCUT2D eigenvalue weighted by Crippen LogP contribution is -2.25. The number of aromatic carboxylic acids is 1. The van der Waals surface area contributed by atoms with E-state index in [0.29, 0.717) is 10.9 Å². The fourth-order valence-corrected chi connectivity index (χ4v) is 1.96. The van der Waals surface area contributed by atoms with Gasteiger partial charge in [0.05, 0.1) is 10.5 Å². The Kier molecular flexibility index (Phi) is 2.44. The second-order valence-corrected chi connectivity index (χ2v) is 3.75. The number of halogens is 1. The SMILES string of the molecule is Cn1c(=O)c(C(=O)O)c(Cl)c2ccccc21. The van der Waals surface area contributed by atoms with E-state index in [4.69, 9.17) is 16.7 Å². The summed E-state index contributed by atoms with van der Waals surface area (Å²) < 4.78 is 1.28. The average molecular weight is 238 g/mol. The predicted octanol–water partition coefficient (Wildman–Crippen LogP) is 1.89. The van der Waals surface area contributed by atoms with Gasteiger partial charge in [0, 0.05) is 12.4 Å². The molecule has 0 aliphatic carbocycles. The molecule has 2 rings (SSSR count). The molecule has 2 aromatic rings. The van der Waals surface area contributed by atoms with E-state index in [1.165, 1.54) is 11.6 Å². The van der Waals surface area contributed by atoms with Crippen molar-refractivity contribution in [3.8, 4) is 0 Å². The molecule has 0 radical (unpaired) electrons. The average Bonchev–Trinajstić information content (AvgIpc) is 2.26. The molecule has 1 aromatic carbocycles. The molecule has 0 spiro atoms. The van der Waals surface area contributed by atoms with E-state index in [9.17, 15) is 9.59 Å². The third kappa shape index (κ3) is 1.39. The molecule has 4 nitrogen and oxygen atoms in total. The molecule has 16 heavy (non-hydrogen) atoms. The zero-order chi connectivity index (χ0) is 11.9. The van der Waals surface area contributed by atoms with Crippen LogP contribution in [0, 0.1) is 0 Å². The lowest BCUT2D eigenvalue weighted by molar-refractivity contribution is 0.0695. The second kappa shape index (κ2) is 3.64. The van der Waals surface area contributed by atoms with Crippen LogP contribution < -0.4 is 5.56 Å². The van der Waals surface area contributed by atoms with Crippen LogP contribution >= 0.6 is 11.6 Å². The van der Waals surface area contributed by atoms with Crippen LogP contribution in [0.4, 0.5) is 0 Å². The third-order valence-corrected chi connectivity index (χ3v) is 2.85. The van der Waals surface area contributed by atoms with Crippen molar-refractivity contribution >= 4 is 28.5 Å². The van der Waals surface area contributed by atoms with Crippen LogP contribution in [0.1, 0.15) is 10.4 Å². The van der Waals surface area contributed by atoms with E-state index >= 15 is 0 Å². The van der Waals surface area contributed by atoms with Gasteiger partial charge in [0.2, 0.25) is 0 Å². The molecule has 0 unspecified atom stereocenters. The first-order chi connectivity index (χ1) is 7.54. The van der Waals surface area contributed by atoms with Crippen molar-refractivity contribution in [3.63, 3.8) is 0 Å². The van der Waals surface area contributed by atoms with Crippen LogP contribution in [-0.2, 0) is 7.05 Å². The van der Waals surface area contributed by atoms with Crippen LogP contribution in [0.3, 0.4) is 0 Å². The van der Waals surface area contributed by atoms with E-state index in [0.717, 1.165) is 0 Å². The minimum atomic E-state index is -1.31. The number of para-hydroxylation sites is 1. The Hall–Kier alpha value is -1.81. The van der Waals surface area contributed by atoms with Gasteiger partial charge in [-0.15, -0.1) is 0 Å². The highest BCUT2D eigenvalue weighted by atomic mass is 35.5. The van der Waals surface area contributed by atoms with Crippen molar-refractivity contribution in [2.24, 2.45) is 7.05 Å². The molecule has 1 heterocycles. The first-order valence-corrected chi connectivity index (χ1v) is 4.92. The summed E-state index contributed by atoms with van der Waals surface area (Å²) in [5, 5.41) is 9.48. The van der Waals surface area contributed by atoms with Crippen LogP contribution in [0.25, 0.3) is 10.9 Å². The molecule has 0 fully saturated rings. The van der Waals surface area contributed by atoms with Crippen molar-refractivity contribution < 1.29 is 9.90 Å². The fraction of sp³-hybridized carbons (Fsp3) is 0.0909. The number of nitrogens with zero attached hydrogens (tertiary/aromatic N) is 1. The maximum atomic E-state index is 11.7. The zero-order valence-electron chi connectivity index (χ0n) is 8.40. The van der Waals surface area contributed by atoms with Crippen molar-refractivity contribution in [3.05, 3.63) is 45.2 Å². The van der Waals surface area contributed by atoms with E-state index in [1.807, 2.05) is 0 Å². The topological polar surface area (TPSA) is 59.3 Å². The van der Waals surface area contributed by atoms with E-state index < -0.39 is 11.5 Å². The zero-order valence-corrected chi connectivity index (χ0v) is 9.15. The largest absolute Gasteiger partial charge is 0.477 e. The summed E-state index contributed by atoms with van der Waals surface area (Å²) in [4.78, 5) is 22.7. The monoisotopic (exact) mass is 237 g/mol. The minimum absolute atomic E-state index is 0.00815. The van der Waals surface area contributed by atoms with Crippen molar-refractivity contribution in [1.29, 1.82) is 0 Å². The van der Waals surface area contributed by atoms with Gasteiger partial charge in [-0.1, -0.05) is 29.8 Å². The number of carbonyl (C=O) groups is 1. The Morgan fingerprint density at radius 2 is 2.00 bits per heavy atom. The highest BCUT2D eigenvalue weighted by Crippen LogP contribution is 2.24. The highest BCUT2D eigenvalue weighted by molar-refractivity contribution is 6.38. The molecule has 5 heteroatoms. The minimum Gasteiger partial charge on any atom is -0.477 e. The maximum absolute atomic E-state index is 11.7. The van der Waals surface area contributed by atoms with Gasteiger partial charge in [0.1, 0.15) is 5.56 Å². The molecule has 0 aliphatic heterocycles. The van der Waals surface area contributed by atoms with Crippen LogP contribution in [0.15, 0.2) is 29.1 Å². The van der Waals surface area contributed by atoms with Crippen LogP contribution in [0.2, 0.25) is 5.02 Å². The van der Waals surface area contributed by atoms with Gasteiger partial charge < -0.3 is 9.67 Å². The number of carboxylic acid groups (broad SMARTS) is 1. The van der Waals surface area contributed by atoms with E-state index in [-0.39, 0.29) is 10.6 Å². The number of pyridine rings is 1. The molecular formula is C11H8ClNO3. The number of benzene rings is 1. The van der Waals surface area contributed by atoms with Crippen LogP contribution in [0.5, 0.6) is 0 Å². The molecule has 1 aromatic heterocycles. The lowest BCUT2D eigenvalue weighted by atomic mass is 10.1. The van der Waals surface area contributed by atoms with E-state index in [1.54, 1.807) is 24.3 Å². The number of hydrogen-bond donors (Lipinski definition) is 1. The van der Waals surface area contributed by atoms with Crippen molar-refractivity contribution in [2.75, 3.05) is 0 Å². The summed E-state index contributed by atoms with van der Waals surface area (Å²) in [6.45, 7) is 0. The highest BCUT2D eigenvalue weighted by Gasteiger charge is 2.18. The maximum Gasteiger partial charge on any atom is 0.342 e. The number of carboxylic acids is 1. The summed E-state index contributed by atoms with van der Waals surface area (Å²) in [5.41, 5.74) is -0.374. The molecule has 0 amide bonds. The molecule has 0 bridgehead atoms. The first kappa shape index (κ1) is 10.7. The Balaban J connectivity index is 3.07. The number of aryl methyl sites for hydroxylation is 1. The predicted molar refractivity (Wildman–Crippen MR) is 61.2 cm³/mol. The summed E-state index contributed by atoms with van der Waals surface area (Å²) in [5.74, 6) is -1.31. The first-order valence-electron chi connectivity index (χ1n) is 4.54. The van der Waals surface area contributed by atoms with Gasteiger partial charge >= 0.3 is 5.97 Å². The Bertz CT molecular complexity index is 645. The van der Waals surface area contributed by atoms with Gasteiger partial charge in [-0.05, 0) is 6.07 Å². The van der Waals surface area contributed by atoms with Gasteiger partial charge in [-0.2, -0.15) is 0 Å². The Morgan fingerprint density at radius 1 is 1.38 bits per heavy atom. The number of rotatable bonds is 1. The molecule has 0 atom stereocenters. The molecule has 0 saturated heterocycles. The smallest absolute Gasteiger partial charge is 0.342 e. The summed E-state index contributed by atoms with van der Waals surface area (Å²) in [6.07, 6.45) is 0. The summed E-state index contributed by atoms with van der Waals surface area (Å²) in [6, 6.07) is 6.90. The van der Waals surface area contributed by atoms with Crippen molar-refractivity contribution in [1.82, 2.24) is 4.57 Å². The molecule has 0 aliphatic rings. The normalized spacial score (nSPS) is 10.6. The quantitative estimate of drug-likeness (QED) is 0.824. The summed E-state index contributed by atoms with van der Waals surface area (Å²) >= 11 is 5.92. The summed E-state index contributed by atoms with van der Waals surface area (Å²) in [7, 11) is 1.52. The van der Waals surface area contributed by atoms with Gasteiger partial charge in [-0.25, -0.2) is 4.79 Å². The number of hydrogen-bond acceptors (Lipinski definition) is 2. The molecule has 1 N–H and O–H groups in total. The van der Waals surface area contributed by atoms with Gasteiger partial charge in [0.15, 0.2) is 0 Å². The second-order valence-electron chi connectivity index (χ2n) is 3.38. The molecular weight excluding hydrogens is 230 g/mol. The fourth-order valence-electron chi connectivity index (χ4n) is 1.64.